The number of nitrogens with one attached hydrogen (secondary N) is 2. The first-order valence-corrected chi connectivity index (χ1v) is 6.93. The molecular formula is C13H13BrN2O4. The first-order valence-electron chi connectivity index (χ1n) is 6.14. The maximum Gasteiger partial charge on any atom is 0.323 e. The lowest BCUT2D eigenvalue weighted by Crippen LogP contribution is -2.02. The van der Waals surface area contributed by atoms with Crippen LogP contribution in [0, 0.1) is 0 Å². The Labute approximate surface area is 122 Å². The van der Waals surface area contributed by atoms with Gasteiger partial charge in [-0.25, -0.2) is 4.79 Å². The molecule has 2 aromatic rings. The van der Waals surface area contributed by atoms with Crippen LogP contribution in [0.3, 0.4) is 0 Å². The van der Waals surface area contributed by atoms with Gasteiger partial charge in [0.15, 0.2) is 5.78 Å². The van der Waals surface area contributed by atoms with Gasteiger partial charge in [0.25, 0.3) is 0 Å². The van der Waals surface area contributed by atoms with E-state index in [9.17, 15) is 14.4 Å². The van der Waals surface area contributed by atoms with Crippen molar-refractivity contribution in [3.63, 3.8) is 0 Å². The first kappa shape index (κ1) is 14.5. The normalized spacial score (nSPS) is 10.8. The van der Waals surface area contributed by atoms with Crippen LogP contribution in [-0.2, 0) is 4.79 Å². The fourth-order valence-electron chi connectivity index (χ4n) is 1.97. The lowest BCUT2D eigenvalue weighted by atomic mass is 10.0. The molecule has 0 amide bonds. The molecule has 0 spiro atoms. The zero-order valence-corrected chi connectivity index (χ0v) is 12.1. The number of H-pyrrole nitrogens is 2. The molecule has 0 unspecified atom stereocenters. The molecule has 0 saturated heterocycles. The number of ketones is 1. The summed E-state index contributed by atoms with van der Waals surface area (Å²) in [5, 5.41) is 8.53. The molecule has 0 aliphatic rings. The molecule has 0 aliphatic carbocycles. The van der Waals surface area contributed by atoms with E-state index in [1.165, 1.54) is 0 Å². The minimum absolute atomic E-state index is 0.0681. The topological polar surface area (TPSA) is 103 Å². The van der Waals surface area contributed by atoms with Gasteiger partial charge < -0.3 is 15.1 Å². The fourth-order valence-corrected chi connectivity index (χ4v) is 2.53. The van der Waals surface area contributed by atoms with Crippen LogP contribution in [-0.4, -0.2) is 26.8 Å². The number of imidazole rings is 1. The van der Waals surface area contributed by atoms with Crippen LogP contribution < -0.4 is 5.69 Å². The molecule has 3 N–H and O–H groups in total. The Bertz CT molecular complexity index is 717. The summed E-state index contributed by atoms with van der Waals surface area (Å²) in [6, 6.07) is 3.30. The number of hydrogen-bond donors (Lipinski definition) is 3. The predicted molar refractivity (Wildman–Crippen MR) is 77.1 cm³/mol. The Kier molecular flexibility index (Phi) is 4.39. The van der Waals surface area contributed by atoms with E-state index >= 15 is 0 Å². The fraction of sp³-hybridized carbons (Fsp3) is 0.308. The highest BCUT2D eigenvalue weighted by atomic mass is 79.9. The predicted octanol–water partition coefficient (Wildman–Crippen LogP) is 2.45. The van der Waals surface area contributed by atoms with Crippen molar-refractivity contribution in [2.45, 2.75) is 25.7 Å². The Hall–Kier alpha value is -1.89. The maximum absolute atomic E-state index is 12.1. The summed E-state index contributed by atoms with van der Waals surface area (Å²) in [4.78, 5) is 38.9. The van der Waals surface area contributed by atoms with Gasteiger partial charge in [-0.1, -0.05) is 0 Å². The summed E-state index contributed by atoms with van der Waals surface area (Å²) in [5.41, 5.74) is 1.37. The van der Waals surface area contributed by atoms with Crippen LogP contribution >= 0.6 is 15.9 Å². The van der Waals surface area contributed by atoms with E-state index in [2.05, 4.69) is 25.9 Å². The number of aromatic nitrogens is 2. The zero-order valence-electron chi connectivity index (χ0n) is 10.5. The Balaban J connectivity index is 2.11. The van der Waals surface area contributed by atoms with Crippen molar-refractivity contribution < 1.29 is 14.7 Å². The standard InChI is InChI=1S/C13H13BrN2O4/c14-8-6-10-9(15-13(20)16-10)5-7(8)11(17)3-1-2-4-12(18)19/h5-6H,1-4H2,(H,18,19)(H2,15,16,20). The minimum atomic E-state index is -0.857. The molecule has 7 heteroatoms. The molecule has 20 heavy (non-hydrogen) atoms. The molecule has 1 heterocycles. The number of hydrogen-bond acceptors (Lipinski definition) is 3. The van der Waals surface area contributed by atoms with Crippen molar-refractivity contribution in [2.75, 3.05) is 0 Å². The Morgan fingerprint density at radius 2 is 1.70 bits per heavy atom. The van der Waals surface area contributed by atoms with Gasteiger partial charge >= 0.3 is 11.7 Å². The minimum Gasteiger partial charge on any atom is -0.481 e. The van der Waals surface area contributed by atoms with E-state index in [0.717, 1.165) is 0 Å². The number of aromatic amines is 2. The lowest BCUT2D eigenvalue weighted by Gasteiger charge is -2.04. The van der Waals surface area contributed by atoms with Crippen LogP contribution in [0.25, 0.3) is 11.0 Å². The lowest BCUT2D eigenvalue weighted by molar-refractivity contribution is -0.137. The number of halogens is 1. The molecule has 0 saturated carbocycles. The third-order valence-electron chi connectivity index (χ3n) is 2.95. The second-order valence-electron chi connectivity index (χ2n) is 4.48. The number of carbonyl (C=O) groups is 2. The second-order valence-corrected chi connectivity index (χ2v) is 5.34. The quantitative estimate of drug-likeness (QED) is 0.555. The molecule has 1 aromatic carbocycles. The first-order chi connectivity index (χ1) is 9.47. The van der Waals surface area contributed by atoms with E-state index in [-0.39, 0.29) is 24.3 Å². The maximum atomic E-state index is 12.1. The van der Waals surface area contributed by atoms with Gasteiger partial charge in [0.1, 0.15) is 0 Å². The highest BCUT2D eigenvalue weighted by Gasteiger charge is 2.12. The second kappa shape index (κ2) is 6.04. The number of fused-ring (bicyclic) bond motifs is 1. The van der Waals surface area contributed by atoms with Crippen molar-refractivity contribution in [2.24, 2.45) is 0 Å². The number of Topliss-reactive ketones (excluding diaryl/α,β-unsaturated/α-hetero) is 1. The van der Waals surface area contributed by atoms with Crippen molar-refractivity contribution in [3.8, 4) is 0 Å². The van der Waals surface area contributed by atoms with E-state index in [0.29, 0.717) is 33.9 Å². The number of aliphatic carboxylic acids is 1. The summed E-state index contributed by atoms with van der Waals surface area (Å²) in [7, 11) is 0. The smallest absolute Gasteiger partial charge is 0.323 e. The number of carboxylic acid groups (broad SMARTS) is 1. The number of unbranched alkanes of at least 4 members (excludes halogenated alkanes) is 1. The van der Waals surface area contributed by atoms with Crippen LogP contribution in [0.15, 0.2) is 21.4 Å². The van der Waals surface area contributed by atoms with Gasteiger partial charge in [-0.15, -0.1) is 0 Å². The third kappa shape index (κ3) is 3.36. The molecule has 0 fully saturated rings. The van der Waals surface area contributed by atoms with Crippen molar-refractivity contribution in [3.05, 3.63) is 32.7 Å². The molecule has 0 atom stereocenters. The molecule has 106 valence electrons. The van der Waals surface area contributed by atoms with Gasteiger partial charge in [0.05, 0.1) is 11.0 Å². The summed E-state index contributed by atoms with van der Waals surface area (Å²) in [6.07, 6.45) is 1.35. The van der Waals surface area contributed by atoms with Crippen LogP contribution in [0.2, 0.25) is 0 Å². The molecule has 1 aromatic heterocycles. The molecular weight excluding hydrogens is 328 g/mol. The van der Waals surface area contributed by atoms with Crippen molar-refractivity contribution in [1.82, 2.24) is 9.97 Å². The number of rotatable bonds is 6. The molecule has 2 rings (SSSR count). The van der Waals surface area contributed by atoms with E-state index < -0.39 is 5.97 Å². The van der Waals surface area contributed by atoms with E-state index in [4.69, 9.17) is 5.11 Å². The molecule has 0 aliphatic heterocycles. The molecule has 0 radical (unpaired) electrons. The van der Waals surface area contributed by atoms with Gasteiger partial charge in [0, 0.05) is 22.9 Å². The highest BCUT2D eigenvalue weighted by Crippen LogP contribution is 2.23. The van der Waals surface area contributed by atoms with Crippen LogP contribution in [0.5, 0.6) is 0 Å². The summed E-state index contributed by atoms with van der Waals surface area (Å²) in [5.74, 6) is -0.934. The number of benzene rings is 1. The molecule has 6 nitrogen and oxygen atoms in total. The van der Waals surface area contributed by atoms with E-state index in [1.54, 1.807) is 12.1 Å². The van der Waals surface area contributed by atoms with Crippen LogP contribution in [0.4, 0.5) is 0 Å². The van der Waals surface area contributed by atoms with Gasteiger partial charge in [0.2, 0.25) is 0 Å². The number of carbonyl (C=O) groups excluding carboxylic acids is 1. The average molecular weight is 341 g/mol. The summed E-state index contributed by atoms with van der Waals surface area (Å²) in [6.45, 7) is 0. The van der Waals surface area contributed by atoms with Gasteiger partial charge in [-0.3, -0.25) is 9.59 Å². The monoisotopic (exact) mass is 340 g/mol. The largest absolute Gasteiger partial charge is 0.481 e. The summed E-state index contributed by atoms with van der Waals surface area (Å²) >= 11 is 3.31. The van der Waals surface area contributed by atoms with E-state index in [1.807, 2.05) is 0 Å². The Morgan fingerprint density at radius 1 is 1.10 bits per heavy atom. The molecule has 0 bridgehead atoms. The number of carboxylic acids is 1. The highest BCUT2D eigenvalue weighted by molar-refractivity contribution is 9.10. The van der Waals surface area contributed by atoms with Gasteiger partial charge in [-0.05, 0) is 40.9 Å². The Morgan fingerprint density at radius 3 is 2.35 bits per heavy atom. The SMILES string of the molecule is O=C(O)CCCCC(=O)c1cc2[nH]c(=O)[nH]c2cc1Br. The van der Waals surface area contributed by atoms with Crippen LogP contribution in [0.1, 0.15) is 36.0 Å². The summed E-state index contributed by atoms with van der Waals surface area (Å²) < 4.78 is 0.614. The van der Waals surface area contributed by atoms with Crippen molar-refractivity contribution >= 4 is 38.7 Å². The van der Waals surface area contributed by atoms with Gasteiger partial charge in [-0.2, -0.15) is 0 Å². The zero-order chi connectivity index (χ0) is 14.7. The average Bonchev–Trinajstić information content (AvgIpc) is 2.72. The van der Waals surface area contributed by atoms with Crippen molar-refractivity contribution in [1.29, 1.82) is 0 Å². The third-order valence-corrected chi connectivity index (χ3v) is 3.60.